The van der Waals surface area contributed by atoms with Crippen molar-refractivity contribution in [3.8, 4) is 0 Å². The summed E-state index contributed by atoms with van der Waals surface area (Å²) in [4.78, 5) is 28.9. The summed E-state index contributed by atoms with van der Waals surface area (Å²) in [5.74, 6) is 0.872. The van der Waals surface area contributed by atoms with Gasteiger partial charge in [-0.25, -0.2) is 32.8 Å². The Hall–Kier alpha value is -1.75. The van der Waals surface area contributed by atoms with Crippen LogP contribution in [0.5, 0.6) is 0 Å². The van der Waals surface area contributed by atoms with Crippen LogP contribution in [0.3, 0.4) is 0 Å². The van der Waals surface area contributed by atoms with Gasteiger partial charge in [0.25, 0.3) is 5.92 Å². The zero-order valence-corrected chi connectivity index (χ0v) is 29.7. The Bertz CT molecular complexity index is 1050. The van der Waals surface area contributed by atoms with Gasteiger partial charge in [0.2, 0.25) is 0 Å². The summed E-state index contributed by atoms with van der Waals surface area (Å²) in [6.07, 6.45) is 17.3. The first-order valence-electron chi connectivity index (χ1n) is 19.9. The fourth-order valence-electron chi connectivity index (χ4n) is 11.9. The SMILES string of the molecule is O=C(NC12CC3CC(CC(C3)C1)C2)N(CCCCCCC(F)CO)N(CCCCCCC(F)(F)CO)C(=O)NC12CC3CC(CC(C3)C1)C2. The maximum Gasteiger partial charge on any atom is 0.336 e. The van der Waals surface area contributed by atoms with Gasteiger partial charge in [0, 0.05) is 30.6 Å². The van der Waals surface area contributed by atoms with Crippen LogP contribution in [0, 0.1) is 35.5 Å². The molecule has 0 spiro atoms. The first-order valence-corrected chi connectivity index (χ1v) is 19.9. The molecule has 0 radical (unpaired) electrons. The van der Waals surface area contributed by atoms with Gasteiger partial charge in [0.05, 0.1) is 6.61 Å². The molecule has 280 valence electrons. The molecule has 4 amide bonds. The van der Waals surface area contributed by atoms with Gasteiger partial charge in [-0.1, -0.05) is 32.1 Å². The first kappa shape index (κ1) is 37.0. The average Bonchev–Trinajstić information content (AvgIpc) is 3.02. The normalized spacial score (nSPS) is 34.6. The van der Waals surface area contributed by atoms with Gasteiger partial charge in [-0.2, -0.15) is 0 Å². The van der Waals surface area contributed by atoms with E-state index in [1.54, 1.807) is 10.0 Å². The van der Waals surface area contributed by atoms with Gasteiger partial charge in [0.15, 0.2) is 0 Å². The Morgan fingerprint density at radius 1 is 0.633 bits per heavy atom. The number of halogens is 3. The second kappa shape index (κ2) is 15.9. The summed E-state index contributed by atoms with van der Waals surface area (Å²) in [5.41, 5.74) is -0.442. The third-order valence-corrected chi connectivity index (χ3v) is 13.3. The third kappa shape index (κ3) is 9.38. The van der Waals surface area contributed by atoms with E-state index in [0.717, 1.165) is 51.4 Å². The van der Waals surface area contributed by atoms with E-state index in [9.17, 15) is 22.8 Å². The largest absolute Gasteiger partial charge is 0.393 e. The summed E-state index contributed by atoms with van der Waals surface area (Å²) < 4.78 is 40.8. The third-order valence-electron chi connectivity index (χ3n) is 13.3. The number of unbranched alkanes of at least 4 members (excludes halogenated alkanes) is 6. The molecule has 0 aliphatic heterocycles. The lowest BCUT2D eigenvalue weighted by Gasteiger charge is -2.57. The van der Waals surface area contributed by atoms with Crippen LogP contribution in [0.4, 0.5) is 22.8 Å². The summed E-state index contributed by atoms with van der Waals surface area (Å²) in [7, 11) is 0. The summed E-state index contributed by atoms with van der Waals surface area (Å²) in [5, 5.41) is 28.3. The second-order valence-corrected chi connectivity index (χ2v) is 17.7. The van der Waals surface area contributed by atoms with Gasteiger partial charge < -0.3 is 20.8 Å². The number of urea groups is 2. The maximum absolute atomic E-state index is 14.5. The first-order chi connectivity index (χ1) is 23.5. The van der Waals surface area contributed by atoms with Gasteiger partial charge in [-0.05, 0) is 138 Å². The molecule has 8 bridgehead atoms. The lowest BCUT2D eigenvalue weighted by molar-refractivity contribution is -0.0579. The minimum absolute atomic E-state index is 0.214. The quantitative estimate of drug-likeness (QED) is 0.0870. The van der Waals surface area contributed by atoms with Crippen LogP contribution >= 0.6 is 0 Å². The number of aliphatic hydroxyl groups excluding tert-OH is 2. The van der Waals surface area contributed by atoms with Crippen LogP contribution in [-0.4, -0.2) is 81.8 Å². The highest BCUT2D eigenvalue weighted by Crippen LogP contribution is 2.57. The standard InChI is InChI=1S/C38H63F3N4O4/c39-33(25-46)9-5-1-3-7-11-44(34(48)42-36-19-27-13-28(20-36)15-29(14-27)21-36)45(12-8-4-2-6-10-38(40,41)26-47)35(49)43-37-22-30-16-31(23-37)18-32(17-30)24-37/h27-33,46-47H,1-26H2,(H,42,48)(H,43,49). The monoisotopic (exact) mass is 696 g/mol. The summed E-state index contributed by atoms with van der Waals surface area (Å²) in [6.45, 7) is -0.915. The van der Waals surface area contributed by atoms with Crippen molar-refractivity contribution in [2.45, 2.75) is 164 Å². The maximum atomic E-state index is 14.5. The molecule has 8 rings (SSSR count). The van der Waals surface area contributed by atoms with E-state index >= 15 is 0 Å². The number of hydrogen-bond acceptors (Lipinski definition) is 4. The molecular formula is C38H63F3N4O4. The molecule has 8 aliphatic carbocycles. The number of hydrazine groups is 1. The second-order valence-electron chi connectivity index (χ2n) is 17.7. The van der Waals surface area contributed by atoms with Crippen molar-refractivity contribution in [3.05, 3.63) is 0 Å². The molecule has 1 atom stereocenters. The van der Waals surface area contributed by atoms with E-state index in [2.05, 4.69) is 10.6 Å². The van der Waals surface area contributed by atoms with E-state index in [1.165, 1.54) is 38.5 Å². The lowest BCUT2D eigenvalue weighted by atomic mass is 9.53. The van der Waals surface area contributed by atoms with Crippen LogP contribution in [0.25, 0.3) is 0 Å². The van der Waals surface area contributed by atoms with E-state index < -0.39 is 25.3 Å². The zero-order chi connectivity index (χ0) is 34.6. The van der Waals surface area contributed by atoms with Crippen molar-refractivity contribution >= 4 is 12.1 Å². The van der Waals surface area contributed by atoms with E-state index in [-0.39, 0.29) is 29.6 Å². The van der Waals surface area contributed by atoms with Crippen molar-refractivity contribution in [2.24, 2.45) is 35.5 Å². The number of carbonyl (C=O) groups excluding carboxylic acids is 2. The number of hydrogen-bond donors (Lipinski definition) is 4. The Kier molecular flexibility index (Phi) is 12.0. The Balaban J connectivity index is 1.15. The number of rotatable bonds is 18. The molecule has 8 saturated carbocycles. The molecule has 1 unspecified atom stereocenters. The number of aliphatic hydroxyl groups is 2. The highest BCUT2D eigenvalue weighted by atomic mass is 19.3. The highest BCUT2D eigenvalue weighted by Gasteiger charge is 2.54. The van der Waals surface area contributed by atoms with Crippen molar-refractivity contribution in [1.29, 1.82) is 0 Å². The van der Waals surface area contributed by atoms with Crippen molar-refractivity contribution < 1.29 is 33.0 Å². The van der Waals surface area contributed by atoms with E-state index in [1.807, 2.05) is 0 Å². The molecule has 11 heteroatoms. The molecule has 8 nitrogen and oxygen atoms in total. The van der Waals surface area contributed by atoms with Crippen molar-refractivity contribution in [1.82, 2.24) is 20.7 Å². The predicted octanol–water partition coefficient (Wildman–Crippen LogP) is 7.72. The minimum Gasteiger partial charge on any atom is -0.393 e. The number of carbonyl (C=O) groups is 2. The number of amides is 4. The van der Waals surface area contributed by atoms with E-state index in [0.29, 0.717) is 93.5 Å². The van der Waals surface area contributed by atoms with Crippen LogP contribution < -0.4 is 10.6 Å². The van der Waals surface area contributed by atoms with Crippen LogP contribution in [-0.2, 0) is 0 Å². The molecular weight excluding hydrogens is 633 g/mol. The molecule has 8 aliphatic rings. The van der Waals surface area contributed by atoms with Crippen LogP contribution in [0.15, 0.2) is 0 Å². The highest BCUT2D eigenvalue weighted by molar-refractivity contribution is 5.81. The van der Waals surface area contributed by atoms with Crippen LogP contribution in [0.1, 0.15) is 141 Å². The van der Waals surface area contributed by atoms with Gasteiger partial charge in [-0.3, -0.25) is 0 Å². The lowest BCUT2D eigenvalue weighted by Crippen LogP contribution is -2.67. The summed E-state index contributed by atoms with van der Waals surface area (Å²) in [6, 6.07) is -0.438. The minimum atomic E-state index is -3.07. The molecule has 0 aromatic rings. The van der Waals surface area contributed by atoms with Gasteiger partial charge in [0.1, 0.15) is 12.8 Å². The molecule has 0 aromatic carbocycles. The fourth-order valence-corrected chi connectivity index (χ4v) is 11.9. The predicted molar refractivity (Wildman–Crippen MR) is 182 cm³/mol. The van der Waals surface area contributed by atoms with Gasteiger partial charge in [-0.15, -0.1) is 0 Å². The fraction of sp³-hybridized carbons (Fsp3) is 0.947. The summed E-state index contributed by atoms with van der Waals surface area (Å²) >= 11 is 0. The van der Waals surface area contributed by atoms with Crippen molar-refractivity contribution in [3.63, 3.8) is 0 Å². The Morgan fingerprint density at radius 2 is 1.00 bits per heavy atom. The number of nitrogens with zero attached hydrogens (tertiary/aromatic N) is 2. The molecule has 0 saturated heterocycles. The number of nitrogens with one attached hydrogen (secondary N) is 2. The van der Waals surface area contributed by atoms with E-state index in [4.69, 9.17) is 10.2 Å². The van der Waals surface area contributed by atoms with Crippen LogP contribution in [0.2, 0.25) is 0 Å². The van der Waals surface area contributed by atoms with Gasteiger partial charge >= 0.3 is 12.1 Å². The zero-order valence-electron chi connectivity index (χ0n) is 29.7. The Morgan fingerprint density at radius 3 is 1.37 bits per heavy atom. The molecule has 4 N–H and O–H groups in total. The average molecular weight is 697 g/mol. The topological polar surface area (TPSA) is 105 Å². The molecule has 0 heterocycles. The smallest absolute Gasteiger partial charge is 0.336 e. The Labute approximate surface area is 291 Å². The molecule has 8 fully saturated rings. The number of alkyl halides is 3. The molecule has 0 aromatic heterocycles. The molecule has 49 heavy (non-hydrogen) atoms. The van der Waals surface area contributed by atoms with Crippen molar-refractivity contribution in [2.75, 3.05) is 26.3 Å².